The Bertz CT molecular complexity index is 410. The van der Waals surface area contributed by atoms with Crippen LogP contribution in [0, 0.1) is 0 Å². The molecule has 0 saturated carbocycles. The van der Waals surface area contributed by atoms with Gasteiger partial charge in [0.05, 0.1) is 15.9 Å². The van der Waals surface area contributed by atoms with E-state index < -0.39 is 0 Å². The Morgan fingerprint density at radius 2 is 2.33 bits per heavy atom. The van der Waals surface area contributed by atoms with Crippen LogP contribution in [-0.2, 0) is 0 Å². The molecule has 0 saturated heterocycles. The number of nitrogens with zero attached hydrogens (tertiary/aromatic N) is 1. The lowest BCUT2D eigenvalue weighted by atomic mass is 10.3. The second-order valence-corrected chi connectivity index (χ2v) is 3.73. The monoisotopic (exact) mass is 198 g/mol. The van der Waals surface area contributed by atoms with E-state index in [1.165, 1.54) is 0 Å². The van der Waals surface area contributed by atoms with Crippen molar-refractivity contribution >= 4 is 38.8 Å². The molecule has 0 radical (unpaired) electrons. The van der Waals surface area contributed by atoms with Gasteiger partial charge in [-0.1, -0.05) is 11.6 Å². The predicted molar refractivity (Wildman–Crippen MR) is 54.2 cm³/mol. The highest BCUT2D eigenvalue weighted by atomic mass is 35.5. The van der Waals surface area contributed by atoms with Crippen molar-refractivity contribution in [3.63, 3.8) is 0 Å². The number of aromatic nitrogens is 1. The molecule has 0 aliphatic heterocycles. The zero-order chi connectivity index (χ0) is 8.55. The van der Waals surface area contributed by atoms with Gasteiger partial charge in [0, 0.05) is 12.1 Å². The van der Waals surface area contributed by atoms with Crippen LogP contribution in [0.2, 0.25) is 5.02 Å². The van der Waals surface area contributed by atoms with Crippen LogP contribution in [0.4, 0.5) is 5.69 Å². The molecule has 1 N–H and O–H groups in total. The second-order valence-electron chi connectivity index (χ2n) is 2.40. The zero-order valence-electron chi connectivity index (χ0n) is 6.47. The minimum absolute atomic E-state index is 0.746. The molecule has 12 heavy (non-hydrogen) atoms. The number of halogens is 1. The van der Waals surface area contributed by atoms with E-state index in [2.05, 4.69) is 10.3 Å². The van der Waals surface area contributed by atoms with Crippen molar-refractivity contribution < 1.29 is 0 Å². The van der Waals surface area contributed by atoms with E-state index in [0.717, 1.165) is 20.9 Å². The van der Waals surface area contributed by atoms with E-state index >= 15 is 0 Å². The van der Waals surface area contributed by atoms with Gasteiger partial charge in [-0.15, -0.1) is 11.3 Å². The Hall–Kier alpha value is -0.800. The molecule has 0 spiro atoms. The van der Waals surface area contributed by atoms with Crippen LogP contribution in [0.15, 0.2) is 17.6 Å². The Morgan fingerprint density at radius 1 is 1.50 bits per heavy atom. The van der Waals surface area contributed by atoms with Gasteiger partial charge in [-0.25, -0.2) is 4.98 Å². The molecule has 0 atom stereocenters. The van der Waals surface area contributed by atoms with E-state index in [1.807, 2.05) is 24.7 Å². The van der Waals surface area contributed by atoms with E-state index in [9.17, 15) is 0 Å². The van der Waals surface area contributed by atoms with Crippen LogP contribution in [-0.4, -0.2) is 12.0 Å². The smallest absolute Gasteiger partial charge is 0.104 e. The van der Waals surface area contributed by atoms with Crippen molar-refractivity contribution in [1.29, 1.82) is 0 Å². The molecule has 2 nitrogen and oxygen atoms in total. The lowest BCUT2D eigenvalue weighted by molar-refractivity contribution is 1.46. The Balaban J connectivity index is 2.80. The molecule has 0 aliphatic carbocycles. The molecule has 0 aliphatic rings. The average molecular weight is 199 g/mol. The largest absolute Gasteiger partial charge is 0.386 e. The molecular weight excluding hydrogens is 192 g/mol. The lowest BCUT2D eigenvalue weighted by Crippen LogP contribution is -1.88. The minimum Gasteiger partial charge on any atom is -0.386 e. The summed E-state index contributed by atoms with van der Waals surface area (Å²) in [4.78, 5) is 4.23. The summed E-state index contributed by atoms with van der Waals surface area (Å²) >= 11 is 7.49. The summed E-state index contributed by atoms with van der Waals surface area (Å²) in [6.45, 7) is 0. The number of hydrogen-bond donors (Lipinski definition) is 1. The third kappa shape index (κ3) is 1.15. The van der Waals surface area contributed by atoms with Gasteiger partial charge < -0.3 is 5.32 Å². The summed E-state index contributed by atoms with van der Waals surface area (Å²) in [7, 11) is 1.87. The van der Waals surface area contributed by atoms with Crippen molar-refractivity contribution in [2.45, 2.75) is 0 Å². The maximum absolute atomic E-state index is 5.90. The molecule has 2 aromatic rings. The van der Waals surface area contributed by atoms with E-state index in [4.69, 9.17) is 11.6 Å². The maximum Gasteiger partial charge on any atom is 0.104 e. The van der Waals surface area contributed by atoms with Crippen LogP contribution in [0.1, 0.15) is 0 Å². The molecule has 0 bridgehead atoms. The van der Waals surface area contributed by atoms with Crippen molar-refractivity contribution in [2.24, 2.45) is 0 Å². The zero-order valence-corrected chi connectivity index (χ0v) is 8.04. The molecule has 1 heterocycles. The van der Waals surface area contributed by atoms with Crippen LogP contribution in [0.5, 0.6) is 0 Å². The molecule has 0 amide bonds. The molecule has 0 fully saturated rings. The number of nitrogens with one attached hydrogen (secondary N) is 1. The first-order chi connectivity index (χ1) is 5.81. The van der Waals surface area contributed by atoms with Crippen molar-refractivity contribution in [3.05, 3.63) is 22.7 Å². The van der Waals surface area contributed by atoms with E-state index in [-0.39, 0.29) is 0 Å². The van der Waals surface area contributed by atoms with Gasteiger partial charge in [0.15, 0.2) is 0 Å². The lowest BCUT2D eigenvalue weighted by Gasteiger charge is -2.00. The number of thiazole rings is 1. The minimum atomic E-state index is 0.746. The molecule has 0 unspecified atom stereocenters. The van der Waals surface area contributed by atoms with Crippen molar-refractivity contribution in [2.75, 3.05) is 12.4 Å². The van der Waals surface area contributed by atoms with Gasteiger partial charge in [-0.3, -0.25) is 0 Å². The van der Waals surface area contributed by atoms with Crippen LogP contribution in [0.3, 0.4) is 0 Å². The summed E-state index contributed by atoms with van der Waals surface area (Å²) in [5.74, 6) is 0. The normalized spacial score (nSPS) is 10.5. The van der Waals surface area contributed by atoms with Gasteiger partial charge in [-0.05, 0) is 12.1 Å². The number of benzene rings is 1. The Morgan fingerprint density at radius 3 is 3.08 bits per heavy atom. The first kappa shape index (κ1) is 7.83. The van der Waals surface area contributed by atoms with Gasteiger partial charge in [0.1, 0.15) is 5.52 Å². The fraction of sp³-hybridized carbons (Fsp3) is 0.125. The second kappa shape index (κ2) is 2.92. The molecule has 62 valence electrons. The predicted octanol–water partition coefficient (Wildman–Crippen LogP) is 2.99. The Labute approximate surface area is 79.2 Å². The van der Waals surface area contributed by atoms with E-state index in [1.54, 1.807) is 11.3 Å². The SMILES string of the molecule is CNc1cc(Cl)cc2scnc12. The molecule has 2 rings (SSSR count). The molecule has 4 heteroatoms. The molecular formula is C8H7ClN2S. The quantitative estimate of drug-likeness (QED) is 0.762. The topological polar surface area (TPSA) is 24.9 Å². The van der Waals surface area contributed by atoms with Gasteiger partial charge in [0.25, 0.3) is 0 Å². The summed E-state index contributed by atoms with van der Waals surface area (Å²) in [5.41, 5.74) is 3.80. The average Bonchev–Trinajstić information content (AvgIpc) is 2.50. The van der Waals surface area contributed by atoms with Gasteiger partial charge in [0.2, 0.25) is 0 Å². The summed E-state index contributed by atoms with van der Waals surface area (Å²) < 4.78 is 1.12. The Kier molecular flexibility index (Phi) is 1.90. The van der Waals surface area contributed by atoms with Crippen LogP contribution < -0.4 is 5.32 Å². The highest BCUT2D eigenvalue weighted by Crippen LogP contribution is 2.28. The number of anilines is 1. The first-order valence-corrected chi connectivity index (χ1v) is 4.77. The van der Waals surface area contributed by atoms with Gasteiger partial charge in [-0.2, -0.15) is 0 Å². The first-order valence-electron chi connectivity index (χ1n) is 3.52. The number of rotatable bonds is 1. The van der Waals surface area contributed by atoms with Crippen LogP contribution in [0.25, 0.3) is 10.2 Å². The van der Waals surface area contributed by atoms with Crippen LogP contribution >= 0.6 is 22.9 Å². The third-order valence-electron chi connectivity index (χ3n) is 1.67. The van der Waals surface area contributed by atoms with E-state index in [0.29, 0.717) is 0 Å². The fourth-order valence-electron chi connectivity index (χ4n) is 1.12. The fourth-order valence-corrected chi connectivity index (χ4v) is 2.15. The highest BCUT2D eigenvalue weighted by molar-refractivity contribution is 7.16. The summed E-state index contributed by atoms with van der Waals surface area (Å²) in [6, 6.07) is 3.80. The third-order valence-corrected chi connectivity index (χ3v) is 2.66. The molecule has 1 aromatic carbocycles. The standard InChI is InChI=1S/C8H7ClN2S/c1-10-6-2-5(9)3-7-8(6)11-4-12-7/h2-4,10H,1H3. The summed E-state index contributed by atoms with van der Waals surface area (Å²) in [5, 5.41) is 3.80. The van der Waals surface area contributed by atoms with Crippen molar-refractivity contribution in [3.8, 4) is 0 Å². The number of fused-ring (bicyclic) bond motifs is 1. The van der Waals surface area contributed by atoms with Gasteiger partial charge >= 0.3 is 0 Å². The summed E-state index contributed by atoms with van der Waals surface area (Å²) in [6.07, 6.45) is 0. The van der Waals surface area contributed by atoms with Crippen molar-refractivity contribution in [1.82, 2.24) is 4.98 Å². The maximum atomic E-state index is 5.90. The number of hydrogen-bond acceptors (Lipinski definition) is 3. The molecule has 1 aromatic heterocycles. The highest BCUT2D eigenvalue weighted by Gasteiger charge is 2.03.